The molecule has 0 bridgehead atoms. The molecular formula is C20H24N4O. The fourth-order valence-corrected chi connectivity index (χ4v) is 3.06. The second kappa shape index (κ2) is 8.50. The normalized spacial score (nSPS) is 15.4. The zero-order chi connectivity index (χ0) is 17.5. The summed E-state index contributed by atoms with van der Waals surface area (Å²) in [7, 11) is 2.13. The first-order valence-electron chi connectivity index (χ1n) is 8.78. The SMILES string of the molecule is CN1CCC(c2nccn2C(=O)NCCC#Cc2ccccc2)CC1. The summed E-state index contributed by atoms with van der Waals surface area (Å²) in [6.45, 7) is 2.63. The molecular weight excluding hydrogens is 312 g/mol. The number of nitrogens with zero attached hydrogens (tertiary/aromatic N) is 3. The molecule has 5 heteroatoms. The van der Waals surface area contributed by atoms with E-state index in [0.29, 0.717) is 18.9 Å². The van der Waals surface area contributed by atoms with E-state index < -0.39 is 0 Å². The van der Waals surface area contributed by atoms with Gasteiger partial charge in [0.1, 0.15) is 5.82 Å². The van der Waals surface area contributed by atoms with Gasteiger partial charge in [0.05, 0.1) is 0 Å². The van der Waals surface area contributed by atoms with E-state index in [1.165, 1.54) is 0 Å². The van der Waals surface area contributed by atoms with Gasteiger partial charge in [-0.25, -0.2) is 9.78 Å². The molecule has 1 N–H and O–H groups in total. The van der Waals surface area contributed by atoms with E-state index in [0.717, 1.165) is 37.3 Å². The van der Waals surface area contributed by atoms with Gasteiger partial charge in [0.25, 0.3) is 0 Å². The average molecular weight is 336 g/mol. The molecule has 1 saturated heterocycles. The molecule has 0 radical (unpaired) electrons. The minimum Gasteiger partial charge on any atom is -0.336 e. The molecule has 3 rings (SSSR count). The first kappa shape index (κ1) is 17.2. The molecule has 25 heavy (non-hydrogen) atoms. The average Bonchev–Trinajstić information content (AvgIpc) is 3.12. The van der Waals surface area contributed by atoms with E-state index in [9.17, 15) is 4.79 Å². The van der Waals surface area contributed by atoms with E-state index >= 15 is 0 Å². The number of carbonyl (C=O) groups excluding carboxylic acids is 1. The zero-order valence-electron chi connectivity index (χ0n) is 14.6. The minimum absolute atomic E-state index is 0.118. The van der Waals surface area contributed by atoms with Crippen LogP contribution in [0.1, 0.15) is 36.6 Å². The van der Waals surface area contributed by atoms with Crippen LogP contribution in [0.2, 0.25) is 0 Å². The highest BCUT2D eigenvalue weighted by molar-refractivity contribution is 5.77. The maximum atomic E-state index is 12.4. The second-order valence-electron chi connectivity index (χ2n) is 6.38. The highest BCUT2D eigenvalue weighted by Gasteiger charge is 2.23. The number of benzene rings is 1. The van der Waals surface area contributed by atoms with Gasteiger partial charge in [0, 0.05) is 36.8 Å². The van der Waals surface area contributed by atoms with Crippen LogP contribution in [0.4, 0.5) is 4.79 Å². The molecule has 2 aromatic rings. The Labute approximate surface area is 149 Å². The van der Waals surface area contributed by atoms with Crippen molar-refractivity contribution < 1.29 is 4.79 Å². The molecule has 0 unspecified atom stereocenters. The van der Waals surface area contributed by atoms with Crippen LogP contribution in [0.15, 0.2) is 42.7 Å². The molecule has 130 valence electrons. The van der Waals surface area contributed by atoms with E-state index in [-0.39, 0.29) is 6.03 Å². The summed E-state index contributed by atoms with van der Waals surface area (Å²) in [5.41, 5.74) is 0.994. The quantitative estimate of drug-likeness (QED) is 0.692. The Morgan fingerprint density at radius 1 is 1.28 bits per heavy atom. The Morgan fingerprint density at radius 2 is 2.04 bits per heavy atom. The number of likely N-dealkylation sites (tertiary alicyclic amines) is 1. The molecule has 1 aliphatic heterocycles. The lowest BCUT2D eigenvalue weighted by Crippen LogP contribution is -2.34. The van der Waals surface area contributed by atoms with Crippen LogP contribution < -0.4 is 5.32 Å². The molecule has 1 aromatic heterocycles. The van der Waals surface area contributed by atoms with Crippen molar-refractivity contribution in [1.82, 2.24) is 19.8 Å². The van der Waals surface area contributed by atoms with Crippen molar-refractivity contribution in [3.8, 4) is 11.8 Å². The van der Waals surface area contributed by atoms with Crippen molar-refractivity contribution >= 4 is 6.03 Å². The summed E-state index contributed by atoms with van der Waals surface area (Å²) in [6.07, 6.45) is 6.17. The maximum absolute atomic E-state index is 12.4. The molecule has 5 nitrogen and oxygen atoms in total. The highest BCUT2D eigenvalue weighted by atomic mass is 16.2. The van der Waals surface area contributed by atoms with Gasteiger partial charge in [-0.1, -0.05) is 30.0 Å². The Kier molecular flexibility index (Phi) is 5.86. The van der Waals surface area contributed by atoms with Crippen LogP contribution in [0.5, 0.6) is 0 Å². The summed E-state index contributed by atoms with van der Waals surface area (Å²) in [5, 5.41) is 2.93. The maximum Gasteiger partial charge on any atom is 0.327 e. The molecule has 1 amide bonds. The topological polar surface area (TPSA) is 50.2 Å². The van der Waals surface area contributed by atoms with Crippen molar-refractivity contribution in [2.24, 2.45) is 0 Å². The number of aromatic nitrogens is 2. The summed E-state index contributed by atoms with van der Waals surface area (Å²) in [4.78, 5) is 19.2. The Balaban J connectivity index is 1.51. The van der Waals surface area contributed by atoms with Crippen LogP contribution in [0, 0.1) is 11.8 Å². The number of piperidine rings is 1. The molecule has 1 aliphatic rings. The summed E-state index contributed by atoms with van der Waals surface area (Å²) < 4.78 is 1.65. The van der Waals surface area contributed by atoms with Crippen molar-refractivity contribution in [1.29, 1.82) is 0 Å². The van der Waals surface area contributed by atoms with Crippen molar-refractivity contribution in [2.75, 3.05) is 26.7 Å². The fourth-order valence-electron chi connectivity index (χ4n) is 3.06. The minimum atomic E-state index is -0.118. The van der Waals surface area contributed by atoms with Gasteiger partial charge in [-0.2, -0.15) is 0 Å². The Bertz CT molecular complexity index is 749. The number of carbonyl (C=O) groups is 1. The van der Waals surface area contributed by atoms with Crippen LogP contribution in [-0.2, 0) is 0 Å². The molecule has 2 heterocycles. The van der Waals surface area contributed by atoms with Crippen LogP contribution >= 0.6 is 0 Å². The van der Waals surface area contributed by atoms with E-state index in [1.54, 1.807) is 17.0 Å². The monoisotopic (exact) mass is 336 g/mol. The first-order valence-corrected chi connectivity index (χ1v) is 8.78. The smallest absolute Gasteiger partial charge is 0.327 e. The number of imidazole rings is 1. The number of amides is 1. The van der Waals surface area contributed by atoms with Crippen molar-refractivity contribution in [2.45, 2.75) is 25.2 Å². The molecule has 1 aromatic carbocycles. The van der Waals surface area contributed by atoms with Crippen molar-refractivity contribution in [3.63, 3.8) is 0 Å². The molecule has 1 fully saturated rings. The van der Waals surface area contributed by atoms with E-state index in [2.05, 4.69) is 34.1 Å². The molecule has 0 spiro atoms. The predicted molar refractivity (Wildman–Crippen MR) is 98.4 cm³/mol. The first-order chi connectivity index (χ1) is 12.2. The number of rotatable bonds is 3. The van der Waals surface area contributed by atoms with Gasteiger partial charge >= 0.3 is 6.03 Å². The van der Waals surface area contributed by atoms with E-state index in [1.807, 2.05) is 30.3 Å². The molecule has 0 atom stereocenters. The zero-order valence-corrected chi connectivity index (χ0v) is 14.6. The second-order valence-corrected chi connectivity index (χ2v) is 6.38. The Morgan fingerprint density at radius 3 is 2.80 bits per heavy atom. The number of hydrogen-bond donors (Lipinski definition) is 1. The molecule has 0 saturated carbocycles. The van der Waals surface area contributed by atoms with Gasteiger partial charge in [-0.05, 0) is 45.1 Å². The van der Waals surface area contributed by atoms with Crippen molar-refractivity contribution in [3.05, 3.63) is 54.1 Å². The van der Waals surface area contributed by atoms with Gasteiger partial charge in [-0.3, -0.25) is 4.57 Å². The Hall–Kier alpha value is -2.58. The molecule has 0 aliphatic carbocycles. The van der Waals surface area contributed by atoms with Crippen LogP contribution in [0.25, 0.3) is 0 Å². The van der Waals surface area contributed by atoms with Gasteiger partial charge in [0.2, 0.25) is 0 Å². The lowest BCUT2D eigenvalue weighted by atomic mass is 9.96. The van der Waals surface area contributed by atoms with Gasteiger partial charge in [-0.15, -0.1) is 0 Å². The third-order valence-electron chi connectivity index (χ3n) is 4.50. The standard InChI is InChI=1S/C20H24N4O/c1-23-14-10-18(11-15-23)19-21-13-16-24(19)20(25)22-12-6-5-9-17-7-3-2-4-8-17/h2-4,7-8,13,16,18H,6,10-12,14-15H2,1H3,(H,22,25). The van der Waals surface area contributed by atoms with Gasteiger partial charge < -0.3 is 10.2 Å². The predicted octanol–water partition coefficient (Wildman–Crippen LogP) is 2.69. The van der Waals surface area contributed by atoms with Gasteiger partial charge in [0.15, 0.2) is 0 Å². The van der Waals surface area contributed by atoms with E-state index in [4.69, 9.17) is 0 Å². The fraction of sp³-hybridized carbons (Fsp3) is 0.400. The lowest BCUT2D eigenvalue weighted by Gasteiger charge is -2.28. The summed E-state index contributed by atoms with van der Waals surface area (Å²) >= 11 is 0. The van der Waals surface area contributed by atoms with Crippen LogP contribution in [0.3, 0.4) is 0 Å². The lowest BCUT2D eigenvalue weighted by molar-refractivity contribution is 0.234. The van der Waals surface area contributed by atoms with Crippen LogP contribution in [-0.4, -0.2) is 47.2 Å². The largest absolute Gasteiger partial charge is 0.336 e. The summed E-state index contributed by atoms with van der Waals surface area (Å²) in [5.74, 6) is 7.42. The highest BCUT2D eigenvalue weighted by Crippen LogP contribution is 2.26. The third kappa shape index (κ3) is 4.71. The third-order valence-corrected chi connectivity index (χ3v) is 4.50. The number of nitrogens with one attached hydrogen (secondary N) is 1. The summed E-state index contributed by atoms with van der Waals surface area (Å²) in [6, 6.07) is 9.74. The number of hydrogen-bond acceptors (Lipinski definition) is 3.